The Labute approximate surface area is 235 Å². The molecule has 0 unspecified atom stereocenters. The highest BCUT2D eigenvalue weighted by molar-refractivity contribution is 7.89. The molecule has 1 aromatic heterocycles. The predicted octanol–water partition coefficient (Wildman–Crippen LogP) is 2.90. The average molecular weight is 581 g/mol. The number of carbonyl (C=O) groups is 1. The van der Waals surface area contributed by atoms with Crippen LogP contribution in [0.4, 0.5) is 8.78 Å². The van der Waals surface area contributed by atoms with Crippen molar-refractivity contribution in [3.8, 4) is 5.75 Å². The van der Waals surface area contributed by atoms with E-state index in [9.17, 15) is 22.0 Å². The highest BCUT2D eigenvalue weighted by Crippen LogP contribution is 2.37. The van der Waals surface area contributed by atoms with Gasteiger partial charge in [-0.1, -0.05) is 0 Å². The number of aromatic nitrogens is 1. The first-order valence-electron chi connectivity index (χ1n) is 13.5. The van der Waals surface area contributed by atoms with Crippen LogP contribution in [-0.4, -0.2) is 105 Å². The normalized spacial score (nSPS) is 20.4. The van der Waals surface area contributed by atoms with Crippen molar-refractivity contribution in [1.82, 2.24) is 19.1 Å². The number of alkyl halides is 2. The van der Waals surface area contributed by atoms with Crippen molar-refractivity contribution in [1.29, 1.82) is 0 Å². The summed E-state index contributed by atoms with van der Waals surface area (Å²) in [6.45, 7) is 5.87. The van der Waals surface area contributed by atoms with Crippen LogP contribution in [0.1, 0.15) is 29.5 Å². The molecule has 9 nitrogen and oxygen atoms in total. The number of sulfonamides is 1. The molecule has 2 fully saturated rings. The van der Waals surface area contributed by atoms with Gasteiger partial charge in [0.2, 0.25) is 15.9 Å². The summed E-state index contributed by atoms with van der Waals surface area (Å²) >= 11 is 0. The van der Waals surface area contributed by atoms with Gasteiger partial charge < -0.3 is 14.4 Å². The Balaban J connectivity index is 1.33. The summed E-state index contributed by atoms with van der Waals surface area (Å²) in [6, 6.07) is 6.12. The number of aryl methyl sites for hydroxylation is 2. The number of pyridine rings is 1. The number of piperazine rings is 1. The van der Waals surface area contributed by atoms with Gasteiger partial charge in [-0.05, 0) is 61.2 Å². The van der Waals surface area contributed by atoms with Gasteiger partial charge in [-0.2, -0.15) is 4.31 Å². The van der Waals surface area contributed by atoms with E-state index in [1.807, 2.05) is 12.1 Å². The van der Waals surface area contributed by atoms with Crippen LogP contribution in [0.15, 0.2) is 41.6 Å². The first-order valence-corrected chi connectivity index (χ1v) is 15.0. The lowest BCUT2D eigenvalue weighted by molar-refractivity contribution is -0.139. The highest BCUT2D eigenvalue weighted by atomic mass is 32.2. The quantitative estimate of drug-likeness (QED) is 0.427. The lowest BCUT2D eigenvalue weighted by Crippen LogP contribution is -2.52. The van der Waals surface area contributed by atoms with Crippen molar-refractivity contribution in [3.05, 3.63) is 53.3 Å². The van der Waals surface area contributed by atoms with E-state index in [0.717, 1.165) is 30.4 Å². The second-order valence-electron chi connectivity index (χ2n) is 10.5. The molecule has 1 aromatic carbocycles. The second kappa shape index (κ2) is 12.9. The molecule has 0 bridgehead atoms. The van der Waals surface area contributed by atoms with E-state index >= 15 is 0 Å². The SMILES string of the molecule is COc1cc(C)c(S(=O)(=O)N2CCC(F)(F)C[C@H]2COCC(=O)N2CCN(CCc3ccncc3)CC2)c(C)c1. The van der Waals surface area contributed by atoms with E-state index in [2.05, 4.69) is 9.88 Å². The van der Waals surface area contributed by atoms with Crippen molar-refractivity contribution in [2.24, 2.45) is 0 Å². The maximum absolute atomic E-state index is 14.4. The van der Waals surface area contributed by atoms with E-state index in [1.165, 1.54) is 12.7 Å². The van der Waals surface area contributed by atoms with E-state index in [-0.39, 0.29) is 30.6 Å². The summed E-state index contributed by atoms with van der Waals surface area (Å²) in [7, 11) is -2.60. The smallest absolute Gasteiger partial charge is 0.251 e. The number of ether oxygens (including phenoxy) is 2. The molecule has 220 valence electrons. The van der Waals surface area contributed by atoms with Gasteiger partial charge in [0.25, 0.3) is 5.92 Å². The van der Waals surface area contributed by atoms with Crippen LogP contribution >= 0.6 is 0 Å². The summed E-state index contributed by atoms with van der Waals surface area (Å²) in [4.78, 5) is 20.9. The second-order valence-corrected chi connectivity index (χ2v) is 12.3. The predicted molar refractivity (Wildman–Crippen MR) is 146 cm³/mol. The number of piperidine rings is 1. The molecule has 3 heterocycles. The molecule has 0 radical (unpaired) electrons. The molecular formula is C28H38F2N4O5S. The van der Waals surface area contributed by atoms with Crippen molar-refractivity contribution in [2.45, 2.75) is 50.0 Å². The fraction of sp³-hybridized carbons (Fsp3) is 0.571. The molecule has 1 atom stereocenters. The summed E-state index contributed by atoms with van der Waals surface area (Å²) in [5, 5.41) is 0. The van der Waals surface area contributed by atoms with Gasteiger partial charge in [0.15, 0.2) is 0 Å². The van der Waals surface area contributed by atoms with Crippen LogP contribution in [0.3, 0.4) is 0 Å². The maximum Gasteiger partial charge on any atom is 0.251 e. The molecule has 12 heteroatoms. The van der Waals surface area contributed by atoms with Gasteiger partial charge in [-0.3, -0.25) is 14.7 Å². The van der Waals surface area contributed by atoms with Crippen molar-refractivity contribution < 1.29 is 31.5 Å². The van der Waals surface area contributed by atoms with Gasteiger partial charge in [-0.25, -0.2) is 17.2 Å². The number of benzene rings is 1. The fourth-order valence-electron chi connectivity index (χ4n) is 5.45. The average Bonchev–Trinajstić information content (AvgIpc) is 2.91. The van der Waals surface area contributed by atoms with E-state index in [4.69, 9.17) is 9.47 Å². The number of nitrogens with zero attached hydrogens (tertiary/aromatic N) is 4. The van der Waals surface area contributed by atoms with Crippen LogP contribution in [0.25, 0.3) is 0 Å². The topological polar surface area (TPSA) is 92.3 Å². The molecule has 2 aliphatic heterocycles. The van der Waals surface area contributed by atoms with E-state index in [0.29, 0.717) is 30.0 Å². The summed E-state index contributed by atoms with van der Waals surface area (Å²) < 4.78 is 68.1. The summed E-state index contributed by atoms with van der Waals surface area (Å²) in [5.41, 5.74) is 2.16. The Morgan fingerprint density at radius 2 is 1.73 bits per heavy atom. The number of halogens is 2. The standard InChI is InChI=1S/C28H38F2N4O5S/c1-21-16-25(38-3)17-22(2)27(21)40(36,37)34-11-7-28(29,30)18-24(34)19-39-20-26(35)33-14-12-32(13-15-33)10-6-23-4-8-31-9-5-23/h4-5,8-9,16-17,24H,6-7,10-15,18-20H2,1-3H3/t24-/m0/s1. The molecule has 0 aliphatic carbocycles. The molecule has 2 aliphatic rings. The lowest BCUT2D eigenvalue weighted by Gasteiger charge is -2.39. The zero-order valence-electron chi connectivity index (χ0n) is 23.3. The molecule has 2 saturated heterocycles. The third kappa shape index (κ3) is 7.34. The maximum atomic E-state index is 14.4. The first kappa shape index (κ1) is 30.3. The Kier molecular flexibility index (Phi) is 9.76. The first-order chi connectivity index (χ1) is 19.0. The van der Waals surface area contributed by atoms with Crippen LogP contribution in [0, 0.1) is 13.8 Å². The number of hydrogen-bond donors (Lipinski definition) is 0. The molecule has 40 heavy (non-hydrogen) atoms. The molecule has 0 N–H and O–H groups in total. The Morgan fingerprint density at radius 1 is 1.07 bits per heavy atom. The number of methoxy groups -OCH3 is 1. The van der Waals surface area contributed by atoms with E-state index < -0.39 is 34.8 Å². The molecule has 0 saturated carbocycles. The van der Waals surface area contributed by atoms with Crippen molar-refractivity contribution >= 4 is 15.9 Å². The molecule has 0 spiro atoms. The van der Waals surface area contributed by atoms with Gasteiger partial charge >= 0.3 is 0 Å². The summed E-state index contributed by atoms with van der Waals surface area (Å²) in [5.74, 6) is -2.72. The van der Waals surface area contributed by atoms with Crippen LogP contribution in [0.2, 0.25) is 0 Å². The van der Waals surface area contributed by atoms with Gasteiger partial charge in [0.05, 0.1) is 24.7 Å². The number of hydrogen-bond acceptors (Lipinski definition) is 7. The Morgan fingerprint density at radius 3 is 2.35 bits per heavy atom. The minimum atomic E-state index is -4.09. The van der Waals surface area contributed by atoms with Crippen LogP contribution < -0.4 is 4.74 Å². The van der Waals surface area contributed by atoms with Gasteiger partial charge in [0, 0.05) is 64.5 Å². The zero-order chi connectivity index (χ0) is 28.9. The number of carbonyl (C=O) groups excluding carboxylic acids is 1. The monoisotopic (exact) mass is 580 g/mol. The van der Waals surface area contributed by atoms with Gasteiger partial charge in [0.1, 0.15) is 12.4 Å². The summed E-state index contributed by atoms with van der Waals surface area (Å²) in [6.07, 6.45) is 3.22. The fourth-order valence-corrected chi connectivity index (χ4v) is 7.47. The van der Waals surface area contributed by atoms with Crippen molar-refractivity contribution in [2.75, 3.05) is 59.6 Å². The van der Waals surface area contributed by atoms with E-state index in [1.54, 1.807) is 43.3 Å². The van der Waals surface area contributed by atoms with Gasteiger partial charge in [-0.15, -0.1) is 0 Å². The minimum absolute atomic E-state index is 0.0846. The van der Waals surface area contributed by atoms with Crippen molar-refractivity contribution in [3.63, 3.8) is 0 Å². The zero-order valence-corrected chi connectivity index (χ0v) is 24.1. The third-order valence-corrected chi connectivity index (χ3v) is 9.86. The number of rotatable bonds is 10. The highest BCUT2D eigenvalue weighted by Gasteiger charge is 2.45. The Bertz CT molecular complexity index is 1250. The lowest BCUT2D eigenvalue weighted by atomic mass is 10.0. The molecular weight excluding hydrogens is 542 g/mol. The molecule has 4 rings (SSSR count). The van der Waals surface area contributed by atoms with Crippen LogP contribution in [-0.2, 0) is 26.0 Å². The van der Waals surface area contributed by atoms with Crippen LogP contribution in [0.5, 0.6) is 5.75 Å². The Hall–Kier alpha value is -2.67. The molecule has 1 amide bonds. The number of amides is 1. The minimum Gasteiger partial charge on any atom is -0.497 e. The third-order valence-electron chi connectivity index (χ3n) is 7.60. The largest absolute Gasteiger partial charge is 0.497 e. The molecule has 2 aromatic rings.